The van der Waals surface area contributed by atoms with Crippen LogP contribution in [0, 0.1) is 0 Å². The number of esters is 8. The smallest absolute Gasteiger partial charge is 0.305 e. The summed E-state index contributed by atoms with van der Waals surface area (Å²) < 4.78 is 67.7. The van der Waals surface area contributed by atoms with Crippen LogP contribution < -0.4 is 0 Å². The van der Waals surface area contributed by atoms with E-state index in [2.05, 4.69) is 11.3 Å². The minimum Gasteiger partial charge on any atom is -0.469 e. The van der Waals surface area contributed by atoms with E-state index >= 15 is 0 Å². The van der Waals surface area contributed by atoms with Gasteiger partial charge in [0.25, 0.3) is 0 Å². The molecule has 0 amide bonds. The van der Waals surface area contributed by atoms with E-state index in [1.165, 1.54) is 7.11 Å². The van der Waals surface area contributed by atoms with Gasteiger partial charge < -0.3 is 56.8 Å². The Kier molecular flexibility index (Phi) is 25.4. The zero-order valence-electron chi connectivity index (χ0n) is 37.5. The molecule has 10 atom stereocenters. The zero-order valence-corrected chi connectivity index (χ0v) is 38.3. The van der Waals surface area contributed by atoms with Gasteiger partial charge in [-0.3, -0.25) is 38.4 Å². The summed E-state index contributed by atoms with van der Waals surface area (Å²) in [5.41, 5.74) is 0.661. The number of rotatable bonds is 27. The van der Waals surface area contributed by atoms with E-state index in [1.54, 1.807) is 11.8 Å². The number of carbonyl (C=O) groups excluding carboxylic acids is 8. The molecule has 0 aromatic carbocycles. The first-order chi connectivity index (χ1) is 29.8. The van der Waals surface area contributed by atoms with Gasteiger partial charge in [-0.25, -0.2) is 0 Å². The van der Waals surface area contributed by atoms with Gasteiger partial charge in [-0.05, 0) is 24.2 Å². The molecule has 2 heterocycles. The maximum absolute atomic E-state index is 12.7. The van der Waals surface area contributed by atoms with Gasteiger partial charge in [-0.2, -0.15) is 11.8 Å². The third-order valence-electron chi connectivity index (χ3n) is 9.29. The summed E-state index contributed by atoms with van der Waals surface area (Å²) in [5, 5.41) is 0. The molecule has 0 radical (unpaired) electrons. The van der Waals surface area contributed by atoms with Crippen molar-refractivity contribution in [3.05, 3.63) is 12.2 Å². The second-order valence-electron chi connectivity index (χ2n) is 14.9. The lowest BCUT2D eigenvalue weighted by Crippen LogP contribution is -2.67. The first kappa shape index (κ1) is 54.8. The maximum atomic E-state index is 12.7. The molecule has 21 heteroatoms. The standard InChI is InChI=1S/C42H64O20S/c1-24(23-63-19-17-15-13-11-10-12-14-16-18-34(50)51-9)20-54-41-39(58-30(7)48)38(57-29(6)47)36(33(60-41)22-53-26(3)44)62-42-40(59-31(8)49)37(56-28(5)46)35(55-27(4)45)32(61-42)21-52-25(2)43/h32-33,35-42H,1,10-23H2,2-9H3/t32-,33-,35+,36-,37+,38+,39-,40-,41+,42+/m1/s1. The Bertz CT molecular complexity index is 1540. The summed E-state index contributed by atoms with van der Waals surface area (Å²) >= 11 is 1.66. The van der Waals surface area contributed by atoms with Crippen molar-refractivity contribution in [2.75, 3.05) is 38.4 Å². The Morgan fingerprint density at radius 3 is 1.41 bits per heavy atom. The molecule has 0 saturated carbocycles. The molecular weight excluding hydrogens is 857 g/mol. The van der Waals surface area contributed by atoms with Gasteiger partial charge >= 0.3 is 47.8 Å². The Morgan fingerprint density at radius 1 is 0.508 bits per heavy atom. The van der Waals surface area contributed by atoms with E-state index in [-0.39, 0.29) is 12.6 Å². The highest BCUT2D eigenvalue weighted by Gasteiger charge is 2.57. The second kappa shape index (κ2) is 29.2. The summed E-state index contributed by atoms with van der Waals surface area (Å²) in [4.78, 5) is 97.6. The quantitative estimate of drug-likeness (QED) is 0.0494. The van der Waals surface area contributed by atoms with Gasteiger partial charge in [0.2, 0.25) is 0 Å². The van der Waals surface area contributed by atoms with Crippen molar-refractivity contribution in [1.82, 2.24) is 0 Å². The summed E-state index contributed by atoms with van der Waals surface area (Å²) in [5.74, 6) is -4.60. The molecule has 2 saturated heterocycles. The molecule has 0 spiro atoms. The Labute approximate surface area is 372 Å². The predicted molar refractivity (Wildman–Crippen MR) is 219 cm³/mol. The van der Waals surface area contributed by atoms with Crippen LogP contribution in [-0.2, 0) is 95.2 Å². The fourth-order valence-corrected chi connectivity index (χ4v) is 7.63. The monoisotopic (exact) mass is 920 g/mol. The lowest BCUT2D eigenvalue weighted by Gasteiger charge is -2.48. The largest absolute Gasteiger partial charge is 0.469 e. The highest BCUT2D eigenvalue weighted by Crippen LogP contribution is 2.36. The summed E-state index contributed by atoms with van der Waals surface area (Å²) in [6, 6.07) is 0. The third-order valence-corrected chi connectivity index (χ3v) is 10.5. The van der Waals surface area contributed by atoms with Crippen LogP contribution in [0.4, 0.5) is 0 Å². The number of carbonyl (C=O) groups is 8. The van der Waals surface area contributed by atoms with E-state index in [1.807, 2.05) is 0 Å². The van der Waals surface area contributed by atoms with Crippen LogP contribution >= 0.6 is 11.8 Å². The first-order valence-corrected chi connectivity index (χ1v) is 22.0. The molecule has 0 bridgehead atoms. The normalized spacial score (nSPS) is 25.4. The molecule has 2 aliphatic rings. The number of unbranched alkanes of at least 4 members (excludes halogenated alkanes) is 7. The highest BCUT2D eigenvalue weighted by molar-refractivity contribution is 7.99. The Morgan fingerprint density at radius 2 is 0.921 bits per heavy atom. The molecule has 2 rings (SSSR count). The van der Waals surface area contributed by atoms with E-state index in [9.17, 15) is 38.4 Å². The van der Waals surface area contributed by atoms with E-state index < -0.39 is 116 Å². The molecule has 0 N–H and O–H groups in total. The van der Waals surface area contributed by atoms with Crippen LogP contribution in [0.25, 0.3) is 0 Å². The minimum absolute atomic E-state index is 0.0797. The molecule has 358 valence electrons. The van der Waals surface area contributed by atoms with E-state index in [4.69, 9.17) is 52.1 Å². The summed E-state index contributed by atoms with van der Waals surface area (Å²) in [6.07, 6.45) is -6.76. The predicted octanol–water partition coefficient (Wildman–Crippen LogP) is 3.60. The van der Waals surface area contributed by atoms with Gasteiger partial charge in [0.1, 0.15) is 31.5 Å². The van der Waals surface area contributed by atoms with Crippen molar-refractivity contribution < 1.29 is 95.2 Å². The van der Waals surface area contributed by atoms with Crippen molar-refractivity contribution in [3.63, 3.8) is 0 Å². The number of thioether (sulfide) groups is 1. The molecule has 0 aromatic heterocycles. The van der Waals surface area contributed by atoms with Gasteiger partial charge in [-0.15, -0.1) is 0 Å². The van der Waals surface area contributed by atoms with Crippen molar-refractivity contribution in [1.29, 1.82) is 0 Å². The van der Waals surface area contributed by atoms with Crippen molar-refractivity contribution in [3.8, 4) is 0 Å². The Balaban J connectivity index is 2.31. The van der Waals surface area contributed by atoms with Crippen LogP contribution in [0.3, 0.4) is 0 Å². The van der Waals surface area contributed by atoms with Crippen LogP contribution in [0.5, 0.6) is 0 Å². The van der Waals surface area contributed by atoms with Crippen LogP contribution in [0.15, 0.2) is 12.2 Å². The molecule has 0 aliphatic carbocycles. The SMILES string of the molecule is C=C(CO[C@H]1O[C@H](COC(C)=O)[C@@H](O[C@@H]2O[C@H](COC(C)=O)[C@H](OC(C)=O)[C@H](OC(C)=O)[C@H]2OC(C)=O)[C@H](OC(C)=O)[C@H]1OC(C)=O)CSCCCCCCCCCCC(=O)OC. The fraction of sp³-hybridized carbons (Fsp3) is 0.762. The first-order valence-electron chi connectivity index (χ1n) is 20.8. The maximum Gasteiger partial charge on any atom is 0.305 e. The van der Waals surface area contributed by atoms with Gasteiger partial charge in [-0.1, -0.05) is 45.1 Å². The second-order valence-corrected chi connectivity index (χ2v) is 16.0. The average Bonchev–Trinajstić information content (AvgIpc) is 3.18. The van der Waals surface area contributed by atoms with E-state index in [0.717, 1.165) is 106 Å². The molecular formula is C42H64O20S. The van der Waals surface area contributed by atoms with Crippen LogP contribution in [-0.4, -0.2) is 148 Å². The topological polar surface area (TPSA) is 247 Å². The van der Waals surface area contributed by atoms with Gasteiger partial charge in [0.05, 0.1) is 13.7 Å². The molecule has 2 aliphatic heterocycles. The summed E-state index contributed by atoms with van der Waals surface area (Å²) in [7, 11) is 1.39. The van der Waals surface area contributed by atoms with Crippen molar-refractivity contribution in [2.24, 2.45) is 0 Å². The number of hydrogen-bond acceptors (Lipinski definition) is 21. The lowest BCUT2D eigenvalue weighted by molar-refractivity contribution is -0.360. The molecule has 0 aromatic rings. The Hall–Kier alpha value is -4.31. The van der Waals surface area contributed by atoms with Gasteiger partial charge in [0.15, 0.2) is 43.1 Å². The van der Waals surface area contributed by atoms with Crippen LogP contribution in [0.2, 0.25) is 0 Å². The number of ether oxygens (including phenoxy) is 12. The van der Waals surface area contributed by atoms with Crippen molar-refractivity contribution in [2.45, 2.75) is 168 Å². The van der Waals surface area contributed by atoms with E-state index in [0.29, 0.717) is 17.7 Å². The summed E-state index contributed by atoms with van der Waals surface area (Å²) in [6.45, 7) is 10.5. The molecule has 0 unspecified atom stereocenters. The minimum atomic E-state index is -1.80. The zero-order chi connectivity index (χ0) is 47.1. The molecule has 63 heavy (non-hydrogen) atoms. The average molecular weight is 921 g/mol. The number of hydrogen-bond donors (Lipinski definition) is 0. The molecule has 20 nitrogen and oxygen atoms in total. The fourth-order valence-electron chi connectivity index (χ4n) is 6.70. The van der Waals surface area contributed by atoms with Crippen LogP contribution in [0.1, 0.15) is 106 Å². The third kappa shape index (κ3) is 21.3. The lowest BCUT2D eigenvalue weighted by atomic mass is 9.96. The van der Waals surface area contributed by atoms with Crippen molar-refractivity contribution >= 4 is 59.5 Å². The highest BCUT2D eigenvalue weighted by atomic mass is 32.2. The number of methoxy groups -OCH3 is 1. The van der Waals surface area contributed by atoms with Gasteiger partial charge in [0, 0.05) is 60.6 Å². The molecule has 2 fully saturated rings.